The molecule has 98 valence electrons. The average Bonchev–Trinajstić information content (AvgIpc) is 2.72. The summed E-state index contributed by atoms with van der Waals surface area (Å²) in [6, 6.07) is 11.2. The third kappa shape index (κ3) is 2.76. The maximum Gasteiger partial charge on any atom is 0.0716 e. The van der Waals surface area contributed by atoms with Gasteiger partial charge in [-0.3, -0.25) is 0 Å². The summed E-state index contributed by atoms with van der Waals surface area (Å²) in [5, 5.41) is 3.82. The molecule has 2 heteroatoms. The van der Waals surface area contributed by atoms with E-state index in [-0.39, 0.29) is 0 Å². The molecule has 2 atom stereocenters. The van der Waals surface area contributed by atoms with Gasteiger partial charge in [0.25, 0.3) is 0 Å². The van der Waals surface area contributed by atoms with E-state index in [0.717, 1.165) is 19.3 Å². The van der Waals surface area contributed by atoms with Crippen molar-refractivity contribution in [2.24, 2.45) is 0 Å². The van der Waals surface area contributed by atoms with E-state index >= 15 is 0 Å². The van der Waals surface area contributed by atoms with Gasteiger partial charge in [-0.25, -0.2) is 0 Å². The van der Waals surface area contributed by atoms with Crippen LogP contribution >= 0.6 is 0 Å². The quantitative estimate of drug-likeness (QED) is 0.804. The summed E-state index contributed by atoms with van der Waals surface area (Å²) < 4.78 is 5.83. The molecule has 2 aliphatic heterocycles. The lowest BCUT2D eigenvalue weighted by atomic mass is 9.87. The average molecular weight is 245 g/mol. The number of ether oxygens (including phenoxy) is 1. The lowest BCUT2D eigenvalue weighted by Gasteiger charge is -2.34. The van der Waals surface area contributed by atoms with Gasteiger partial charge in [0.05, 0.1) is 6.61 Å². The Hall–Kier alpha value is -0.860. The summed E-state index contributed by atoms with van der Waals surface area (Å²) in [5.41, 5.74) is 1.69. The van der Waals surface area contributed by atoms with Crippen LogP contribution in [0.2, 0.25) is 0 Å². The number of piperidine rings is 1. The van der Waals surface area contributed by atoms with Gasteiger partial charge < -0.3 is 10.1 Å². The second-order valence-electron chi connectivity index (χ2n) is 5.84. The molecule has 3 rings (SSSR count). The fourth-order valence-corrected chi connectivity index (χ4v) is 3.48. The Balaban J connectivity index is 1.42. The van der Waals surface area contributed by atoms with E-state index < -0.39 is 0 Å². The van der Waals surface area contributed by atoms with E-state index in [1.807, 2.05) is 6.07 Å². The molecule has 0 aromatic heterocycles. The predicted octanol–water partition coefficient (Wildman–Crippen LogP) is 3.27. The minimum absolute atomic E-state index is 0.416. The SMILES string of the molecule is c1ccc(COCCC23CCCC(CC2)N3)cc1. The molecule has 2 unspecified atom stereocenters. The van der Waals surface area contributed by atoms with Crippen molar-refractivity contribution in [3.05, 3.63) is 35.9 Å². The van der Waals surface area contributed by atoms with Crippen LogP contribution in [-0.4, -0.2) is 18.2 Å². The van der Waals surface area contributed by atoms with Crippen LogP contribution in [0, 0.1) is 0 Å². The van der Waals surface area contributed by atoms with Gasteiger partial charge in [0.15, 0.2) is 0 Å². The van der Waals surface area contributed by atoms with Gasteiger partial charge in [0.1, 0.15) is 0 Å². The van der Waals surface area contributed by atoms with Crippen molar-refractivity contribution in [2.45, 2.75) is 56.7 Å². The van der Waals surface area contributed by atoms with Crippen molar-refractivity contribution in [3.63, 3.8) is 0 Å². The fraction of sp³-hybridized carbons (Fsp3) is 0.625. The largest absolute Gasteiger partial charge is 0.377 e. The number of benzene rings is 1. The Kier molecular flexibility index (Phi) is 3.67. The zero-order valence-electron chi connectivity index (χ0n) is 11.0. The predicted molar refractivity (Wildman–Crippen MR) is 73.5 cm³/mol. The van der Waals surface area contributed by atoms with Crippen molar-refractivity contribution in [3.8, 4) is 0 Å². The summed E-state index contributed by atoms with van der Waals surface area (Å²) in [6.07, 6.45) is 8.03. The Morgan fingerprint density at radius 1 is 1.17 bits per heavy atom. The zero-order valence-corrected chi connectivity index (χ0v) is 11.0. The van der Waals surface area contributed by atoms with Gasteiger partial charge in [0.2, 0.25) is 0 Å². The molecular formula is C16H23NO. The van der Waals surface area contributed by atoms with Crippen molar-refractivity contribution in [1.29, 1.82) is 0 Å². The minimum Gasteiger partial charge on any atom is -0.377 e. The first-order chi connectivity index (χ1) is 8.86. The van der Waals surface area contributed by atoms with Gasteiger partial charge in [-0.1, -0.05) is 36.8 Å². The van der Waals surface area contributed by atoms with E-state index in [9.17, 15) is 0 Å². The molecule has 2 heterocycles. The molecule has 2 fully saturated rings. The van der Waals surface area contributed by atoms with Crippen molar-refractivity contribution in [1.82, 2.24) is 5.32 Å². The molecule has 1 aromatic rings. The molecule has 0 aliphatic carbocycles. The van der Waals surface area contributed by atoms with Crippen LogP contribution in [0.5, 0.6) is 0 Å². The minimum atomic E-state index is 0.416. The Morgan fingerprint density at radius 3 is 2.94 bits per heavy atom. The molecule has 1 N–H and O–H groups in total. The summed E-state index contributed by atoms with van der Waals surface area (Å²) in [6.45, 7) is 1.63. The van der Waals surface area contributed by atoms with E-state index in [1.54, 1.807) is 0 Å². The molecular weight excluding hydrogens is 222 g/mol. The molecule has 0 amide bonds. The number of rotatable bonds is 5. The first kappa shape index (κ1) is 12.2. The highest BCUT2D eigenvalue weighted by Crippen LogP contribution is 2.37. The van der Waals surface area contributed by atoms with Crippen LogP contribution < -0.4 is 5.32 Å². The third-order valence-electron chi connectivity index (χ3n) is 4.53. The van der Waals surface area contributed by atoms with Crippen LogP contribution in [0.25, 0.3) is 0 Å². The molecule has 0 saturated carbocycles. The molecule has 2 bridgehead atoms. The number of nitrogens with one attached hydrogen (secondary N) is 1. The maximum atomic E-state index is 5.83. The highest BCUT2D eigenvalue weighted by Gasteiger charge is 2.40. The monoisotopic (exact) mass is 245 g/mol. The van der Waals surface area contributed by atoms with Gasteiger partial charge in [-0.15, -0.1) is 0 Å². The van der Waals surface area contributed by atoms with Crippen molar-refractivity contribution in [2.75, 3.05) is 6.61 Å². The second kappa shape index (κ2) is 5.41. The van der Waals surface area contributed by atoms with Gasteiger partial charge in [-0.05, 0) is 37.7 Å². The first-order valence-corrected chi connectivity index (χ1v) is 7.26. The summed E-state index contributed by atoms with van der Waals surface area (Å²) in [4.78, 5) is 0. The molecule has 2 nitrogen and oxygen atoms in total. The highest BCUT2D eigenvalue weighted by atomic mass is 16.5. The van der Waals surface area contributed by atoms with Gasteiger partial charge >= 0.3 is 0 Å². The maximum absolute atomic E-state index is 5.83. The third-order valence-corrected chi connectivity index (χ3v) is 4.53. The van der Waals surface area contributed by atoms with Crippen molar-refractivity contribution >= 4 is 0 Å². The number of hydrogen-bond donors (Lipinski definition) is 1. The standard InChI is InChI=1S/C16H23NO/c1-2-5-14(6-3-1)13-18-12-11-16-9-4-7-15(17-16)8-10-16/h1-3,5-6,15,17H,4,7-13H2. The van der Waals surface area contributed by atoms with E-state index in [1.165, 1.54) is 44.1 Å². The van der Waals surface area contributed by atoms with Gasteiger partial charge in [0, 0.05) is 18.2 Å². The lowest BCUT2D eigenvalue weighted by Crippen LogP contribution is -2.47. The molecule has 0 spiro atoms. The van der Waals surface area contributed by atoms with Crippen LogP contribution in [0.15, 0.2) is 30.3 Å². The Morgan fingerprint density at radius 2 is 2.06 bits per heavy atom. The Labute approximate surface area is 110 Å². The highest BCUT2D eigenvalue weighted by molar-refractivity contribution is 5.13. The van der Waals surface area contributed by atoms with Gasteiger partial charge in [-0.2, -0.15) is 0 Å². The molecule has 0 radical (unpaired) electrons. The number of fused-ring (bicyclic) bond motifs is 2. The lowest BCUT2D eigenvalue weighted by molar-refractivity contribution is 0.0909. The van der Waals surface area contributed by atoms with Crippen LogP contribution in [-0.2, 0) is 11.3 Å². The Bertz CT molecular complexity index is 374. The molecule has 1 aromatic carbocycles. The normalized spacial score (nSPS) is 30.6. The molecule has 18 heavy (non-hydrogen) atoms. The van der Waals surface area contributed by atoms with E-state index in [0.29, 0.717) is 5.54 Å². The first-order valence-electron chi connectivity index (χ1n) is 7.26. The molecule has 2 aliphatic rings. The summed E-state index contributed by atoms with van der Waals surface area (Å²) >= 11 is 0. The van der Waals surface area contributed by atoms with E-state index in [2.05, 4.69) is 29.6 Å². The van der Waals surface area contributed by atoms with Crippen LogP contribution in [0.3, 0.4) is 0 Å². The second-order valence-corrected chi connectivity index (χ2v) is 5.84. The van der Waals surface area contributed by atoms with Crippen LogP contribution in [0.4, 0.5) is 0 Å². The molecule has 2 saturated heterocycles. The summed E-state index contributed by atoms with van der Waals surface area (Å²) in [5.74, 6) is 0. The fourth-order valence-electron chi connectivity index (χ4n) is 3.48. The summed E-state index contributed by atoms with van der Waals surface area (Å²) in [7, 11) is 0. The number of hydrogen-bond acceptors (Lipinski definition) is 2. The van der Waals surface area contributed by atoms with Crippen molar-refractivity contribution < 1.29 is 4.74 Å². The van der Waals surface area contributed by atoms with E-state index in [4.69, 9.17) is 4.74 Å². The smallest absolute Gasteiger partial charge is 0.0716 e. The topological polar surface area (TPSA) is 21.3 Å². The van der Waals surface area contributed by atoms with Crippen LogP contribution in [0.1, 0.15) is 44.1 Å². The zero-order chi connectivity index (χ0) is 12.3.